The highest BCUT2D eigenvalue weighted by molar-refractivity contribution is 5.61. The minimum atomic E-state index is 1.08. The van der Waals surface area contributed by atoms with Crippen LogP contribution < -0.4 is 0 Å². The Morgan fingerprint density at radius 1 is 1.70 bits per heavy atom. The Kier molecular flexibility index (Phi) is 1.99. The molecule has 0 aromatic carbocycles. The Morgan fingerprint density at radius 2 is 2.50 bits per heavy atom. The standard InChI is InChI=1S/C7H9N3/c1-7-4-3-5-10(7)9-6-8-2/h3-6H,2H2,1H3/b9-6-. The fourth-order valence-corrected chi connectivity index (χ4v) is 0.679. The molecule has 0 N–H and O–H groups in total. The maximum Gasteiger partial charge on any atom is 0.135 e. The lowest BCUT2D eigenvalue weighted by atomic mass is 10.5. The lowest BCUT2D eigenvalue weighted by Gasteiger charge is -1.92. The molecule has 0 unspecified atom stereocenters. The van der Waals surface area contributed by atoms with E-state index in [0.29, 0.717) is 0 Å². The zero-order valence-electron chi connectivity index (χ0n) is 5.86. The van der Waals surface area contributed by atoms with Crippen molar-refractivity contribution in [2.24, 2.45) is 10.1 Å². The molecular formula is C7H9N3. The summed E-state index contributed by atoms with van der Waals surface area (Å²) in [5.41, 5.74) is 1.08. The fourth-order valence-electron chi connectivity index (χ4n) is 0.679. The third kappa shape index (κ3) is 1.31. The summed E-state index contributed by atoms with van der Waals surface area (Å²) in [6.45, 7) is 5.25. The summed E-state index contributed by atoms with van der Waals surface area (Å²) in [4.78, 5) is 3.49. The highest BCUT2D eigenvalue weighted by Gasteiger charge is 1.87. The van der Waals surface area contributed by atoms with Gasteiger partial charge < -0.3 is 0 Å². The van der Waals surface area contributed by atoms with Crippen molar-refractivity contribution in [3.63, 3.8) is 0 Å². The van der Waals surface area contributed by atoms with Crippen LogP contribution in [0.15, 0.2) is 28.4 Å². The van der Waals surface area contributed by atoms with Gasteiger partial charge in [0.25, 0.3) is 0 Å². The Balaban J connectivity index is 2.83. The van der Waals surface area contributed by atoms with Crippen LogP contribution in [0.2, 0.25) is 0 Å². The summed E-state index contributed by atoms with van der Waals surface area (Å²) >= 11 is 0. The molecule has 0 saturated heterocycles. The number of aryl methyl sites for hydroxylation is 1. The lowest BCUT2D eigenvalue weighted by molar-refractivity contribution is 0.851. The zero-order chi connectivity index (χ0) is 7.40. The van der Waals surface area contributed by atoms with E-state index in [-0.39, 0.29) is 0 Å². The molecule has 0 aliphatic heterocycles. The molecule has 0 atom stereocenters. The molecule has 3 heteroatoms. The number of aliphatic imine (C=N–C) groups is 1. The minimum absolute atomic E-state index is 1.08. The van der Waals surface area contributed by atoms with Crippen LogP contribution in [0.3, 0.4) is 0 Å². The predicted molar refractivity (Wildman–Crippen MR) is 42.6 cm³/mol. The molecule has 52 valence electrons. The number of aromatic nitrogens is 1. The maximum absolute atomic E-state index is 3.95. The van der Waals surface area contributed by atoms with Gasteiger partial charge >= 0.3 is 0 Å². The second-order valence-corrected chi connectivity index (χ2v) is 1.91. The van der Waals surface area contributed by atoms with Crippen molar-refractivity contribution in [2.75, 3.05) is 0 Å². The van der Waals surface area contributed by atoms with E-state index in [1.165, 1.54) is 6.34 Å². The van der Waals surface area contributed by atoms with Gasteiger partial charge in [-0.1, -0.05) is 0 Å². The van der Waals surface area contributed by atoms with Gasteiger partial charge in [0.05, 0.1) is 0 Å². The molecule has 1 aromatic heterocycles. The van der Waals surface area contributed by atoms with Gasteiger partial charge in [0, 0.05) is 11.9 Å². The van der Waals surface area contributed by atoms with Crippen LogP contribution in [0.1, 0.15) is 5.69 Å². The van der Waals surface area contributed by atoms with Gasteiger partial charge in [-0.3, -0.25) is 4.99 Å². The first-order valence-electron chi connectivity index (χ1n) is 2.97. The normalized spacial score (nSPS) is 10.5. The van der Waals surface area contributed by atoms with Gasteiger partial charge in [-0.25, -0.2) is 4.68 Å². The van der Waals surface area contributed by atoms with Crippen molar-refractivity contribution in [1.29, 1.82) is 0 Å². The first kappa shape index (κ1) is 6.74. The second-order valence-electron chi connectivity index (χ2n) is 1.91. The van der Waals surface area contributed by atoms with E-state index in [2.05, 4.69) is 16.8 Å². The van der Waals surface area contributed by atoms with Gasteiger partial charge in [-0.05, 0) is 25.8 Å². The van der Waals surface area contributed by atoms with E-state index in [1.54, 1.807) is 4.68 Å². The van der Waals surface area contributed by atoms with Crippen LogP contribution in [0, 0.1) is 6.92 Å². The molecule has 0 spiro atoms. The predicted octanol–water partition coefficient (Wildman–Crippen LogP) is 1.29. The Morgan fingerprint density at radius 3 is 3.00 bits per heavy atom. The maximum atomic E-state index is 3.95. The van der Waals surface area contributed by atoms with Crippen molar-refractivity contribution in [1.82, 2.24) is 4.68 Å². The topological polar surface area (TPSA) is 29.6 Å². The van der Waals surface area contributed by atoms with Crippen molar-refractivity contribution in [2.45, 2.75) is 6.92 Å². The molecule has 0 aliphatic rings. The Labute approximate surface area is 59.7 Å². The largest absolute Gasteiger partial charge is 0.251 e. The first-order valence-corrected chi connectivity index (χ1v) is 2.97. The monoisotopic (exact) mass is 135 g/mol. The quantitative estimate of drug-likeness (QED) is 0.432. The zero-order valence-corrected chi connectivity index (χ0v) is 5.86. The SMILES string of the molecule is C=N/C=N\n1cccc1C. The molecule has 0 saturated carbocycles. The number of hydrogen-bond donors (Lipinski definition) is 0. The molecule has 0 aliphatic carbocycles. The summed E-state index contributed by atoms with van der Waals surface area (Å²) in [5, 5.41) is 3.95. The average molecular weight is 135 g/mol. The molecule has 10 heavy (non-hydrogen) atoms. The molecule has 1 aromatic rings. The van der Waals surface area contributed by atoms with Crippen LogP contribution in [0.5, 0.6) is 0 Å². The number of hydrogen-bond acceptors (Lipinski definition) is 1. The smallest absolute Gasteiger partial charge is 0.135 e. The van der Waals surface area contributed by atoms with Gasteiger partial charge in [0.2, 0.25) is 0 Å². The van der Waals surface area contributed by atoms with E-state index < -0.39 is 0 Å². The van der Waals surface area contributed by atoms with Crippen LogP contribution in [0.25, 0.3) is 0 Å². The summed E-state index contributed by atoms with van der Waals surface area (Å²) < 4.78 is 1.73. The van der Waals surface area contributed by atoms with Gasteiger partial charge in [0.1, 0.15) is 6.34 Å². The van der Waals surface area contributed by atoms with Crippen LogP contribution in [-0.4, -0.2) is 17.7 Å². The van der Waals surface area contributed by atoms with Gasteiger partial charge in [0.15, 0.2) is 0 Å². The fraction of sp³-hybridized carbons (Fsp3) is 0.143. The second kappa shape index (κ2) is 2.96. The third-order valence-electron chi connectivity index (χ3n) is 1.18. The highest BCUT2D eigenvalue weighted by Crippen LogP contribution is 1.97. The summed E-state index contributed by atoms with van der Waals surface area (Å²) in [6, 6.07) is 3.90. The molecular weight excluding hydrogens is 126 g/mol. The average Bonchev–Trinajstić information content (AvgIpc) is 2.31. The molecule has 3 nitrogen and oxygen atoms in total. The van der Waals surface area contributed by atoms with E-state index in [4.69, 9.17) is 0 Å². The van der Waals surface area contributed by atoms with Crippen LogP contribution in [-0.2, 0) is 0 Å². The summed E-state index contributed by atoms with van der Waals surface area (Å²) in [6.07, 6.45) is 3.27. The summed E-state index contributed by atoms with van der Waals surface area (Å²) in [5.74, 6) is 0. The van der Waals surface area contributed by atoms with Crippen molar-refractivity contribution >= 4 is 13.1 Å². The molecule has 0 fully saturated rings. The molecule has 0 radical (unpaired) electrons. The van der Waals surface area contributed by atoms with Crippen LogP contribution >= 0.6 is 0 Å². The van der Waals surface area contributed by atoms with Crippen LogP contribution in [0.4, 0.5) is 0 Å². The van der Waals surface area contributed by atoms with Gasteiger partial charge in [-0.15, -0.1) is 0 Å². The minimum Gasteiger partial charge on any atom is -0.251 e. The highest BCUT2D eigenvalue weighted by atomic mass is 15.3. The molecule has 0 bridgehead atoms. The van der Waals surface area contributed by atoms with Crippen molar-refractivity contribution in [3.05, 3.63) is 24.0 Å². The van der Waals surface area contributed by atoms with Crippen molar-refractivity contribution < 1.29 is 0 Å². The number of nitrogens with zero attached hydrogens (tertiary/aromatic N) is 3. The molecule has 0 amide bonds. The van der Waals surface area contributed by atoms with E-state index in [9.17, 15) is 0 Å². The van der Waals surface area contributed by atoms with Crippen molar-refractivity contribution in [3.8, 4) is 0 Å². The Hall–Kier alpha value is -1.38. The lowest BCUT2D eigenvalue weighted by Crippen LogP contribution is -1.87. The first-order chi connectivity index (χ1) is 4.84. The molecule has 1 heterocycles. The Bertz CT molecular complexity index is 247. The van der Waals surface area contributed by atoms with E-state index >= 15 is 0 Å². The number of rotatable bonds is 2. The van der Waals surface area contributed by atoms with Gasteiger partial charge in [-0.2, -0.15) is 5.10 Å². The molecule has 1 rings (SSSR count). The summed E-state index contributed by atoms with van der Waals surface area (Å²) in [7, 11) is 0. The third-order valence-corrected chi connectivity index (χ3v) is 1.18. The van der Waals surface area contributed by atoms with E-state index in [0.717, 1.165) is 5.69 Å². The van der Waals surface area contributed by atoms with E-state index in [1.807, 2.05) is 25.3 Å².